The molecule has 0 amide bonds. The molecule has 0 bridgehead atoms. The Bertz CT molecular complexity index is 879. The largest absolute Gasteiger partial charge is 0.491 e. The molecule has 1 heterocycles. The summed E-state index contributed by atoms with van der Waals surface area (Å²) < 4.78 is 5.97. The molecule has 0 radical (unpaired) electrons. The first-order valence-corrected chi connectivity index (χ1v) is 11.4. The Hall–Kier alpha value is -2.08. The van der Waals surface area contributed by atoms with Gasteiger partial charge in [0.1, 0.15) is 24.9 Å². The number of ether oxygens (including phenoxy) is 1. The number of thiophene rings is 1. The number of hydrogen-bond acceptors (Lipinski definition) is 6. The van der Waals surface area contributed by atoms with E-state index in [-0.39, 0.29) is 24.0 Å². The van der Waals surface area contributed by atoms with E-state index in [0.29, 0.717) is 0 Å². The average Bonchev–Trinajstić information content (AvgIpc) is 3.05. The molecule has 0 aliphatic rings. The van der Waals surface area contributed by atoms with E-state index in [0.717, 1.165) is 34.6 Å². The average molecular weight is 431 g/mol. The summed E-state index contributed by atoms with van der Waals surface area (Å²) >= 11 is 1.69. The van der Waals surface area contributed by atoms with Gasteiger partial charge in [-0.05, 0) is 60.9 Å². The highest BCUT2D eigenvalue weighted by atomic mass is 32.1. The number of benzene rings is 1. The second-order valence-corrected chi connectivity index (χ2v) is 10.2. The molecule has 2 rings (SSSR count). The molecule has 1 unspecified atom stereocenters. The van der Waals surface area contributed by atoms with Crippen molar-refractivity contribution in [3.05, 3.63) is 60.5 Å². The van der Waals surface area contributed by atoms with Crippen LogP contribution in [0.2, 0.25) is 0 Å². The van der Waals surface area contributed by atoms with Crippen molar-refractivity contribution in [2.24, 2.45) is 15.8 Å². The van der Waals surface area contributed by atoms with Crippen LogP contribution in [0.3, 0.4) is 0 Å². The normalized spacial score (nSPS) is 13.2. The summed E-state index contributed by atoms with van der Waals surface area (Å²) in [6.45, 7) is 15.0. The Balaban J connectivity index is 2.36. The summed E-state index contributed by atoms with van der Waals surface area (Å²) in [5.74, 6) is 0.783. The van der Waals surface area contributed by atoms with Crippen molar-refractivity contribution in [1.29, 1.82) is 0 Å². The van der Waals surface area contributed by atoms with Crippen LogP contribution in [0, 0.1) is 29.1 Å². The minimum atomic E-state index is -0.402. The molecule has 0 N–H and O–H groups in total. The Kier molecular flexibility index (Phi) is 7.92. The predicted molar refractivity (Wildman–Crippen MR) is 126 cm³/mol. The fourth-order valence-electron chi connectivity index (χ4n) is 3.84. The number of aryl methyl sites for hydroxylation is 2. The molecule has 2 aromatic rings. The van der Waals surface area contributed by atoms with Crippen LogP contribution in [0.4, 0.5) is 0 Å². The minimum Gasteiger partial charge on any atom is -0.491 e. The van der Waals surface area contributed by atoms with Crippen LogP contribution in [0.1, 0.15) is 73.9 Å². The smallest absolute Gasteiger partial charge is 0.131 e. The Morgan fingerprint density at radius 1 is 1.03 bits per heavy atom. The molecule has 164 valence electrons. The molecule has 1 aromatic carbocycles. The molecule has 0 saturated carbocycles. The van der Waals surface area contributed by atoms with Crippen LogP contribution < -0.4 is 4.74 Å². The van der Waals surface area contributed by atoms with Gasteiger partial charge in [0.2, 0.25) is 0 Å². The first kappa shape index (κ1) is 24.2. The lowest BCUT2D eigenvalue weighted by Crippen LogP contribution is -2.30. The molecular formula is C24H34N2O3S. The SMILES string of the molecule is CCC(CC)(c1ccc(OCC(N=O)C(C)(C)C)c(C)c1)c1cc(C)c(CN=O)s1. The fourth-order valence-corrected chi connectivity index (χ4v) is 5.28. The van der Waals surface area contributed by atoms with E-state index in [2.05, 4.69) is 42.4 Å². The highest BCUT2D eigenvalue weighted by Crippen LogP contribution is 2.44. The molecule has 1 atom stereocenters. The zero-order chi connectivity index (χ0) is 22.5. The second kappa shape index (κ2) is 9.82. The van der Waals surface area contributed by atoms with Crippen molar-refractivity contribution in [3.63, 3.8) is 0 Å². The fraction of sp³-hybridized carbons (Fsp3) is 0.583. The minimum absolute atomic E-state index is 0.113. The van der Waals surface area contributed by atoms with Crippen molar-refractivity contribution >= 4 is 11.3 Å². The van der Waals surface area contributed by atoms with E-state index in [1.165, 1.54) is 10.4 Å². The lowest BCUT2D eigenvalue weighted by atomic mass is 9.74. The van der Waals surface area contributed by atoms with E-state index in [1.807, 2.05) is 40.7 Å². The van der Waals surface area contributed by atoms with Crippen molar-refractivity contribution < 1.29 is 4.74 Å². The number of nitroso groups, excluding NO2 is 2. The molecular weight excluding hydrogens is 396 g/mol. The predicted octanol–water partition coefficient (Wildman–Crippen LogP) is 7.30. The van der Waals surface area contributed by atoms with Crippen LogP contribution in [-0.4, -0.2) is 12.6 Å². The van der Waals surface area contributed by atoms with E-state index < -0.39 is 6.04 Å². The summed E-state index contributed by atoms with van der Waals surface area (Å²) in [6, 6.07) is 8.13. The molecule has 5 nitrogen and oxygen atoms in total. The quantitative estimate of drug-likeness (QED) is 0.371. The van der Waals surface area contributed by atoms with Gasteiger partial charge in [0.25, 0.3) is 0 Å². The number of nitrogens with zero attached hydrogens (tertiary/aromatic N) is 2. The van der Waals surface area contributed by atoms with Crippen LogP contribution in [0.15, 0.2) is 34.6 Å². The van der Waals surface area contributed by atoms with Crippen molar-refractivity contribution in [1.82, 2.24) is 0 Å². The van der Waals surface area contributed by atoms with Gasteiger partial charge in [-0.25, -0.2) is 0 Å². The third-order valence-corrected chi connectivity index (χ3v) is 7.58. The van der Waals surface area contributed by atoms with Crippen LogP contribution in [-0.2, 0) is 12.0 Å². The highest BCUT2D eigenvalue weighted by Gasteiger charge is 2.33. The van der Waals surface area contributed by atoms with Gasteiger partial charge < -0.3 is 4.74 Å². The summed E-state index contributed by atoms with van der Waals surface area (Å²) in [7, 11) is 0. The third kappa shape index (κ3) is 4.97. The lowest BCUT2D eigenvalue weighted by molar-refractivity contribution is 0.205. The molecule has 1 aromatic heterocycles. The van der Waals surface area contributed by atoms with Crippen molar-refractivity contribution in [2.75, 3.05) is 6.61 Å². The molecule has 0 aliphatic carbocycles. The Labute approximate surface area is 184 Å². The van der Waals surface area contributed by atoms with Gasteiger partial charge in [-0.3, -0.25) is 0 Å². The summed E-state index contributed by atoms with van der Waals surface area (Å²) in [5, 5.41) is 6.33. The second-order valence-electron chi connectivity index (χ2n) is 9.07. The van der Waals surface area contributed by atoms with Gasteiger partial charge >= 0.3 is 0 Å². The topological polar surface area (TPSA) is 68.1 Å². The Morgan fingerprint density at radius 3 is 2.20 bits per heavy atom. The van der Waals surface area contributed by atoms with Gasteiger partial charge in [-0.1, -0.05) is 57.1 Å². The van der Waals surface area contributed by atoms with Crippen LogP contribution in [0.25, 0.3) is 0 Å². The highest BCUT2D eigenvalue weighted by molar-refractivity contribution is 7.12. The monoisotopic (exact) mass is 430 g/mol. The lowest BCUT2D eigenvalue weighted by Gasteiger charge is -2.32. The Morgan fingerprint density at radius 2 is 1.70 bits per heavy atom. The summed E-state index contributed by atoms with van der Waals surface area (Å²) in [6.07, 6.45) is 1.91. The molecule has 0 saturated heterocycles. The van der Waals surface area contributed by atoms with E-state index in [9.17, 15) is 9.81 Å². The zero-order valence-electron chi connectivity index (χ0n) is 19.2. The number of rotatable bonds is 10. The first-order valence-electron chi connectivity index (χ1n) is 10.6. The van der Waals surface area contributed by atoms with Gasteiger partial charge in [0, 0.05) is 15.2 Å². The van der Waals surface area contributed by atoms with E-state index in [1.54, 1.807) is 11.3 Å². The van der Waals surface area contributed by atoms with Crippen LogP contribution in [0.5, 0.6) is 5.75 Å². The molecule has 6 heteroatoms. The molecule has 0 spiro atoms. The maximum absolute atomic E-state index is 11.2. The third-order valence-electron chi connectivity index (χ3n) is 6.16. The van der Waals surface area contributed by atoms with Gasteiger partial charge in [0.05, 0.1) is 0 Å². The maximum atomic E-state index is 11.2. The molecule has 0 fully saturated rings. The summed E-state index contributed by atoms with van der Waals surface area (Å²) in [5.41, 5.74) is 3.07. The summed E-state index contributed by atoms with van der Waals surface area (Å²) in [4.78, 5) is 24.3. The standard InChI is InChI=1S/C24H34N2O3S/c1-8-24(9-2,22-13-17(4)20(30-22)14-25-27)18-10-11-19(16(3)12-18)29-15-21(26-28)23(5,6)7/h10-13,21H,8-9,14-15H2,1-7H3. The van der Waals surface area contributed by atoms with Gasteiger partial charge in [-0.2, -0.15) is 9.81 Å². The van der Waals surface area contributed by atoms with Crippen molar-refractivity contribution in [2.45, 2.75) is 79.3 Å². The van der Waals surface area contributed by atoms with Crippen LogP contribution >= 0.6 is 11.3 Å². The van der Waals surface area contributed by atoms with E-state index in [4.69, 9.17) is 4.74 Å². The van der Waals surface area contributed by atoms with E-state index >= 15 is 0 Å². The van der Waals surface area contributed by atoms with Crippen molar-refractivity contribution in [3.8, 4) is 5.75 Å². The molecule has 0 aliphatic heterocycles. The number of hydrogen-bond donors (Lipinski definition) is 0. The zero-order valence-corrected chi connectivity index (χ0v) is 20.1. The molecule has 30 heavy (non-hydrogen) atoms. The maximum Gasteiger partial charge on any atom is 0.131 e. The van der Waals surface area contributed by atoms with Gasteiger partial charge in [-0.15, -0.1) is 11.3 Å². The van der Waals surface area contributed by atoms with Gasteiger partial charge in [0.15, 0.2) is 0 Å². The first-order chi connectivity index (χ1) is 14.1.